The van der Waals surface area contributed by atoms with E-state index in [-0.39, 0.29) is 18.5 Å². The molecule has 1 N–H and O–H groups in total. The van der Waals surface area contributed by atoms with Gasteiger partial charge in [-0.3, -0.25) is 9.59 Å². The van der Waals surface area contributed by atoms with Crippen LogP contribution >= 0.6 is 11.3 Å². The lowest BCUT2D eigenvalue weighted by Gasteiger charge is -2.27. The van der Waals surface area contributed by atoms with Crippen LogP contribution in [-0.4, -0.2) is 46.5 Å². The topological polar surface area (TPSA) is 62.3 Å². The van der Waals surface area contributed by atoms with Crippen LogP contribution in [0.4, 0.5) is 13.2 Å². The van der Waals surface area contributed by atoms with Gasteiger partial charge in [-0.1, -0.05) is 30.3 Å². The van der Waals surface area contributed by atoms with E-state index in [9.17, 15) is 22.8 Å². The second-order valence-corrected chi connectivity index (χ2v) is 7.62. The minimum atomic E-state index is -4.92. The summed E-state index contributed by atoms with van der Waals surface area (Å²) in [5.74, 6) is -1.97. The van der Waals surface area contributed by atoms with E-state index in [4.69, 9.17) is 0 Å². The van der Waals surface area contributed by atoms with Crippen LogP contribution in [0.15, 0.2) is 35.8 Å². The Balaban J connectivity index is 1.53. The first-order chi connectivity index (χ1) is 12.9. The van der Waals surface area contributed by atoms with Gasteiger partial charge in [0.05, 0.1) is 16.4 Å². The lowest BCUT2D eigenvalue weighted by atomic mass is 10.1. The number of fused-ring (bicyclic) bond motifs is 1. The molecule has 1 aromatic heterocycles. The molecule has 0 unspecified atom stereocenters. The zero-order chi connectivity index (χ0) is 19.2. The fourth-order valence-electron chi connectivity index (χ4n) is 3.68. The molecule has 27 heavy (non-hydrogen) atoms. The molecule has 3 atom stereocenters. The van der Waals surface area contributed by atoms with E-state index in [1.165, 1.54) is 11.3 Å². The SMILES string of the molecule is O=C(c1ncsc1-c1ccccc1)N1[C@H](CNC(=O)C(F)(F)F)C[C@@H]2C[C@@H]21. The Hall–Kier alpha value is -2.42. The normalized spacial score (nSPS) is 23.8. The number of amides is 2. The number of carbonyl (C=O) groups is 2. The average molecular weight is 395 g/mol. The summed E-state index contributed by atoms with van der Waals surface area (Å²) in [5.41, 5.74) is 2.78. The van der Waals surface area contributed by atoms with Gasteiger partial charge in [0.15, 0.2) is 0 Å². The molecule has 2 aromatic rings. The average Bonchev–Trinajstić information content (AvgIpc) is 3.08. The Morgan fingerprint density at radius 3 is 2.67 bits per heavy atom. The maximum absolute atomic E-state index is 13.1. The number of aromatic nitrogens is 1. The summed E-state index contributed by atoms with van der Waals surface area (Å²) in [7, 11) is 0. The van der Waals surface area contributed by atoms with Crippen molar-refractivity contribution in [1.82, 2.24) is 15.2 Å². The molecule has 142 valence electrons. The van der Waals surface area contributed by atoms with Crippen LogP contribution in [0.3, 0.4) is 0 Å². The Kier molecular flexibility index (Phi) is 4.41. The van der Waals surface area contributed by atoms with E-state index >= 15 is 0 Å². The molecule has 1 aliphatic carbocycles. The molecule has 9 heteroatoms. The fraction of sp³-hybridized carbons (Fsp3) is 0.389. The van der Waals surface area contributed by atoms with Gasteiger partial charge in [0.1, 0.15) is 5.69 Å². The molecule has 1 aromatic carbocycles. The summed E-state index contributed by atoms with van der Waals surface area (Å²) in [5, 5.41) is 1.91. The summed E-state index contributed by atoms with van der Waals surface area (Å²) in [6.07, 6.45) is -3.48. The van der Waals surface area contributed by atoms with Crippen molar-refractivity contribution < 1.29 is 22.8 Å². The molecule has 2 fully saturated rings. The lowest BCUT2D eigenvalue weighted by molar-refractivity contribution is -0.173. The van der Waals surface area contributed by atoms with Crippen molar-refractivity contribution in [1.29, 1.82) is 0 Å². The van der Waals surface area contributed by atoms with Gasteiger partial charge in [0, 0.05) is 12.6 Å². The highest BCUT2D eigenvalue weighted by atomic mass is 32.1. The molecule has 4 rings (SSSR count). The minimum absolute atomic E-state index is 0.0237. The molecule has 2 aliphatic rings. The summed E-state index contributed by atoms with van der Waals surface area (Å²) in [6, 6.07) is 8.95. The van der Waals surface area contributed by atoms with E-state index in [1.54, 1.807) is 10.4 Å². The fourth-order valence-corrected chi connectivity index (χ4v) is 4.47. The number of rotatable bonds is 4. The van der Waals surface area contributed by atoms with Gasteiger partial charge in [-0.2, -0.15) is 13.2 Å². The van der Waals surface area contributed by atoms with Gasteiger partial charge in [-0.05, 0) is 24.3 Å². The van der Waals surface area contributed by atoms with E-state index in [0.717, 1.165) is 16.9 Å². The predicted molar refractivity (Wildman–Crippen MR) is 93.1 cm³/mol. The molecule has 0 radical (unpaired) electrons. The third-order valence-corrected chi connectivity index (χ3v) is 5.88. The Morgan fingerprint density at radius 1 is 1.22 bits per heavy atom. The van der Waals surface area contributed by atoms with Crippen molar-refractivity contribution in [3.8, 4) is 10.4 Å². The quantitative estimate of drug-likeness (QED) is 0.866. The first kappa shape index (κ1) is 18.0. The van der Waals surface area contributed by atoms with Gasteiger partial charge >= 0.3 is 12.1 Å². The number of halogens is 3. The number of hydrogen-bond acceptors (Lipinski definition) is 4. The van der Waals surface area contributed by atoms with Crippen molar-refractivity contribution in [3.63, 3.8) is 0 Å². The van der Waals surface area contributed by atoms with Crippen LogP contribution in [0.1, 0.15) is 23.3 Å². The molecular weight excluding hydrogens is 379 g/mol. The van der Waals surface area contributed by atoms with Crippen molar-refractivity contribution >= 4 is 23.2 Å². The van der Waals surface area contributed by atoms with E-state index in [2.05, 4.69) is 4.98 Å². The van der Waals surface area contributed by atoms with Crippen molar-refractivity contribution in [3.05, 3.63) is 41.5 Å². The molecule has 5 nitrogen and oxygen atoms in total. The molecule has 1 saturated heterocycles. The summed E-state index contributed by atoms with van der Waals surface area (Å²) in [6.45, 7) is -0.206. The minimum Gasteiger partial charge on any atom is -0.346 e. The second kappa shape index (κ2) is 6.63. The van der Waals surface area contributed by atoms with E-state index < -0.39 is 18.1 Å². The van der Waals surface area contributed by atoms with Crippen LogP contribution in [0.25, 0.3) is 10.4 Å². The maximum atomic E-state index is 13.1. The number of likely N-dealkylation sites (tertiary alicyclic amines) is 1. The highest BCUT2D eigenvalue weighted by molar-refractivity contribution is 7.13. The van der Waals surface area contributed by atoms with Crippen LogP contribution in [0.2, 0.25) is 0 Å². The number of nitrogens with one attached hydrogen (secondary N) is 1. The molecule has 2 amide bonds. The van der Waals surface area contributed by atoms with Crippen molar-refractivity contribution in [2.75, 3.05) is 6.54 Å². The van der Waals surface area contributed by atoms with Crippen molar-refractivity contribution in [2.45, 2.75) is 31.1 Å². The predicted octanol–water partition coefficient (Wildman–Crippen LogP) is 3.09. The van der Waals surface area contributed by atoms with Gasteiger partial charge in [0.25, 0.3) is 5.91 Å². The molecular formula is C18H16F3N3O2S. The van der Waals surface area contributed by atoms with Crippen molar-refractivity contribution in [2.24, 2.45) is 5.92 Å². The summed E-state index contributed by atoms with van der Waals surface area (Å²) >= 11 is 1.35. The Bertz CT molecular complexity index is 868. The van der Waals surface area contributed by atoms with Crippen LogP contribution in [-0.2, 0) is 4.79 Å². The van der Waals surface area contributed by atoms with Crippen LogP contribution in [0.5, 0.6) is 0 Å². The van der Waals surface area contributed by atoms with Crippen LogP contribution < -0.4 is 5.32 Å². The first-order valence-corrected chi connectivity index (χ1v) is 9.41. The zero-order valence-corrected chi connectivity index (χ0v) is 14.9. The van der Waals surface area contributed by atoms with E-state index in [1.807, 2.05) is 35.6 Å². The van der Waals surface area contributed by atoms with E-state index in [0.29, 0.717) is 18.0 Å². The number of benzene rings is 1. The highest BCUT2D eigenvalue weighted by Crippen LogP contribution is 2.48. The number of nitrogens with zero attached hydrogens (tertiary/aromatic N) is 2. The second-order valence-electron chi connectivity index (χ2n) is 6.77. The molecule has 1 aliphatic heterocycles. The van der Waals surface area contributed by atoms with Gasteiger partial charge in [-0.15, -0.1) is 11.3 Å². The standard InChI is InChI=1S/C18H16F3N3O2S/c19-18(20,21)17(26)22-8-12-6-11-7-13(11)24(12)16(25)14-15(27-9-23-14)10-4-2-1-3-5-10/h1-5,9,11-13H,6-8H2,(H,22,26)/t11-,12+,13+/m1/s1. The molecule has 0 bridgehead atoms. The third kappa shape index (κ3) is 3.43. The molecule has 2 heterocycles. The third-order valence-electron chi connectivity index (χ3n) is 5.01. The Morgan fingerprint density at radius 2 is 1.96 bits per heavy atom. The number of carbonyl (C=O) groups excluding carboxylic acids is 2. The Labute approximate surface area is 157 Å². The summed E-state index contributed by atoms with van der Waals surface area (Å²) in [4.78, 5) is 30.8. The zero-order valence-electron chi connectivity index (χ0n) is 14.1. The van der Waals surface area contributed by atoms with Gasteiger partial charge in [-0.25, -0.2) is 4.98 Å². The smallest absolute Gasteiger partial charge is 0.346 e. The highest BCUT2D eigenvalue weighted by Gasteiger charge is 2.54. The van der Waals surface area contributed by atoms with Gasteiger partial charge < -0.3 is 10.2 Å². The molecule has 0 spiro atoms. The number of alkyl halides is 3. The van der Waals surface area contributed by atoms with Crippen LogP contribution in [0, 0.1) is 5.92 Å². The number of piperidine rings is 1. The maximum Gasteiger partial charge on any atom is 0.471 e. The van der Waals surface area contributed by atoms with Gasteiger partial charge in [0.2, 0.25) is 0 Å². The lowest BCUT2D eigenvalue weighted by Crippen LogP contribution is -2.48. The first-order valence-electron chi connectivity index (χ1n) is 8.53. The number of hydrogen-bond donors (Lipinski definition) is 1. The summed E-state index contributed by atoms with van der Waals surface area (Å²) < 4.78 is 37.3. The largest absolute Gasteiger partial charge is 0.471 e. The monoisotopic (exact) mass is 395 g/mol. The number of thiazole rings is 1. The molecule has 1 saturated carbocycles.